The molecule has 0 spiro atoms. The van der Waals surface area contributed by atoms with Gasteiger partial charge in [0.15, 0.2) is 0 Å². The molecule has 0 bridgehead atoms. The molecule has 1 saturated carbocycles. The second kappa shape index (κ2) is 7.13. The van der Waals surface area contributed by atoms with E-state index in [1.165, 1.54) is 57.3 Å². The fourth-order valence-corrected chi connectivity index (χ4v) is 3.79. The minimum Gasteiger partial charge on any atom is -0.316 e. The lowest BCUT2D eigenvalue weighted by Gasteiger charge is -2.36. The lowest BCUT2D eigenvalue weighted by Crippen LogP contribution is -2.40. The highest BCUT2D eigenvalue weighted by molar-refractivity contribution is 6.30. The van der Waals surface area contributed by atoms with Crippen molar-refractivity contribution in [3.05, 3.63) is 34.9 Å². The minimum absolute atomic E-state index is 0.552. The first-order valence-electron chi connectivity index (χ1n) is 8.50. The van der Waals surface area contributed by atoms with Gasteiger partial charge in [0.25, 0.3) is 0 Å². The number of halogens is 1. The molecule has 0 aromatic heterocycles. The third-order valence-corrected chi connectivity index (χ3v) is 5.18. The van der Waals surface area contributed by atoms with Crippen molar-refractivity contribution in [3.8, 4) is 0 Å². The maximum Gasteiger partial charge on any atom is 0.0406 e. The molecular weight excluding hydrogens is 280 g/mol. The average Bonchev–Trinajstić information content (AvgIpc) is 3.34. The molecule has 3 rings (SSSR count). The van der Waals surface area contributed by atoms with Gasteiger partial charge >= 0.3 is 0 Å². The number of rotatable bonds is 6. The van der Waals surface area contributed by atoms with Crippen LogP contribution in [-0.2, 0) is 0 Å². The van der Waals surface area contributed by atoms with Gasteiger partial charge in [0.2, 0.25) is 0 Å². The van der Waals surface area contributed by atoms with Crippen molar-refractivity contribution in [2.24, 2.45) is 5.92 Å². The molecule has 1 saturated heterocycles. The van der Waals surface area contributed by atoms with Crippen molar-refractivity contribution in [1.82, 2.24) is 10.2 Å². The summed E-state index contributed by atoms with van der Waals surface area (Å²) in [7, 11) is 0. The van der Waals surface area contributed by atoms with Crippen LogP contribution in [0.25, 0.3) is 0 Å². The Bertz CT molecular complexity index is 435. The highest BCUT2D eigenvalue weighted by atomic mass is 35.5. The number of benzene rings is 1. The molecule has 2 atom stereocenters. The van der Waals surface area contributed by atoms with E-state index in [9.17, 15) is 0 Å². The summed E-state index contributed by atoms with van der Waals surface area (Å²) in [6.45, 7) is 5.96. The second-order valence-corrected chi connectivity index (χ2v) is 7.05. The smallest absolute Gasteiger partial charge is 0.0406 e. The number of nitrogens with one attached hydrogen (secondary N) is 1. The van der Waals surface area contributed by atoms with Gasteiger partial charge < -0.3 is 5.32 Å². The zero-order valence-electron chi connectivity index (χ0n) is 13.0. The summed E-state index contributed by atoms with van der Waals surface area (Å²) in [5.74, 6) is 0.820. The van der Waals surface area contributed by atoms with Crippen molar-refractivity contribution < 1.29 is 0 Å². The summed E-state index contributed by atoms with van der Waals surface area (Å²) in [4.78, 5) is 2.78. The van der Waals surface area contributed by atoms with Gasteiger partial charge in [-0.2, -0.15) is 0 Å². The predicted molar refractivity (Wildman–Crippen MR) is 89.8 cm³/mol. The molecule has 1 N–H and O–H groups in total. The van der Waals surface area contributed by atoms with E-state index >= 15 is 0 Å². The first-order valence-corrected chi connectivity index (χ1v) is 8.87. The maximum atomic E-state index is 6.05. The summed E-state index contributed by atoms with van der Waals surface area (Å²) in [6, 6.07) is 9.86. The van der Waals surface area contributed by atoms with E-state index in [2.05, 4.69) is 29.3 Å². The third-order valence-electron chi connectivity index (χ3n) is 4.93. The van der Waals surface area contributed by atoms with E-state index in [-0.39, 0.29) is 0 Å². The Morgan fingerprint density at radius 1 is 1.24 bits per heavy atom. The molecule has 1 aromatic rings. The molecule has 3 heteroatoms. The van der Waals surface area contributed by atoms with E-state index < -0.39 is 0 Å². The van der Waals surface area contributed by atoms with Gasteiger partial charge in [0, 0.05) is 23.7 Å². The maximum absolute atomic E-state index is 6.05. The lowest BCUT2D eigenvalue weighted by atomic mass is 9.96. The molecule has 21 heavy (non-hydrogen) atoms. The fraction of sp³-hybridized carbons (Fsp3) is 0.667. The summed E-state index contributed by atoms with van der Waals surface area (Å²) < 4.78 is 0. The molecule has 116 valence electrons. The Hall–Kier alpha value is -0.570. The summed E-state index contributed by atoms with van der Waals surface area (Å²) in [5, 5.41) is 4.40. The van der Waals surface area contributed by atoms with Crippen LogP contribution in [0.4, 0.5) is 0 Å². The van der Waals surface area contributed by atoms with Crippen molar-refractivity contribution in [2.75, 3.05) is 19.6 Å². The molecule has 1 heterocycles. The standard InChI is InChI=1S/C18H27ClN2/c1-2-18(15-5-7-16(19)8-6-15)21(17-9-10-17)13-14-4-3-11-20-12-14/h5-8,14,17-18,20H,2-4,9-13H2,1H3. The van der Waals surface area contributed by atoms with E-state index in [0.29, 0.717) is 6.04 Å². The Kier molecular flexibility index (Phi) is 5.20. The van der Waals surface area contributed by atoms with Gasteiger partial charge in [-0.15, -0.1) is 0 Å². The van der Waals surface area contributed by atoms with Crippen LogP contribution >= 0.6 is 11.6 Å². The van der Waals surface area contributed by atoms with Gasteiger partial charge in [-0.1, -0.05) is 30.7 Å². The first-order chi connectivity index (χ1) is 10.3. The van der Waals surface area contributed by atoms with E-state index in [1.54, 1.807) is 0 Å². The molecule has 1 aliphatic heterocycles. The largest absolute Gasteiger partial charge is 0.316 e. The number of hydrogen-bond donors (Lipinski definition) is 1. The van der Waals surface area contributed by atoms with Crippen LogP contribution in [0.5, 0.6) is 0 Å². The van der Waals surface area contributed by atoms with Crippen LogP contribution in [0.3, 0.4) is 0 Å². The minimum atomic E-state index is 0.552. The quantitative estimate of drug-likeness (QED) is 0.845. The van der Waals surface area contributed by atoms with E-state index in [4.69, 9.17) is 11.6 Å². The van der Waals surface area contributed by atoms with Crippen molar-refractivity contribution in [1.29, 1.82) is 0 Å². The van der Waals surface area contributed by atoms with Gasteiger partial charge in [-0.3, -0.25) is 4.90 Å². The normalized spacial score (nSPS) is 24.2. The Morgan fingerprint density at radius 2 is 2.00 bits per heavy atom. The Labute approximate surface area is 133 Å². The third kappa shape index (κ3) is 4.00. The molecule has 2 nitrogen and oxygen atoms in total. The zero-order chi connectivity index (χ0) is 14.7. The first kappa shape index (κ1) is 15.3. The molecule has 2 aliphatic rings. The highest BCUT2D eigenvalue weighted by Crippen LogP contribution is 2.37. The molecule has 1 aliphatic carbocycles. The summed E-state index contributed by atoms with van der Waals surface area (Å²) in [5.41, 5.74) is 1.43. The van der Waals surface area contributed by atoms with Crippen LogP contribution in [0.1, 0.15) is 50.6 Å². The van der Waals surface area contributed by atoms with Gasteiger partial charge in [0.1, 0.15) is 0 Å². The van der Waals surface area contributed by atoms with Gasteiger partial charge in [-0.05, 0) is 68.8 Å². The summed E-state index contributed by atoms with van der Waals surface area (Å²) in [6.07, 6.45) is 6.65. The van der Waals surface area contributed by atoms with Gasteiger partial charge in [0.05, 0.1) is 0 Å². The van der Waals surface area contributed by atoms with Crippen LogP contribution < -0.4 is 5.32 Å². The van der Waals surface area contributed by atoms with Crippen molar-refractivity contribution in [3.63, 3.8) is 0 Å². The molecule has 0 radical (unpaired) electrons. The monoisotopic (exact) mass is 306 g/mol. The highest BCUT2D eigenvalue weighted by Gasteiger charge is 2.35. The van der Waals surface area contributed by atoms with Crippen LogP contribution in [0.2, 0.25) is 5.02 Å². The molecular formula is C18H27ClN2. The zero-order valence-corrected chi connectivity index (χ0v) is 13.8. The van der Waals surface area contributed by atoms with Crippen LogP contribution in [0, 0.1) is 5.92 Å². The number of hydrogen-bond acceptors (Lipinski definition) is 2. The van der Waals surface area contributed by atoms with E-state index in [0.717, 1.165) is 17.0 Å². The lowest BCUT2D eigenvalue weighted by molar-refractivity contribution is 0.140. The van der Waals surface area contributed by atoms with Crippen LogP contribution in [-0.4, -0.2) is 30.6 Å². The Morgan fingerprint density at radius 3 is 2.57 bits per heavy atom. The second-order valence-electron chi connectivity index (χ2n) is 6.62. The molecule has 0 amide bonds. The number of piperidine rings is 1. The molecule has 1 aromatic carbocycles. The topological polar surface area (TPSA) is 15.3 Å². The molecule has 2 unspecified atom stereocenters. The van der Waals surface area contributed by atoms with Gasteiger partial charge in [-0.25, -0.2) is 0 Å². The predicted octanol–water partition coefficient (Wildman–Crippen LogP) is 4.26. The van der Waals surface area contributed by atoms with E-state index in [1.807, 2.05) is 12.1 Å². The van der Waals surface area contributed by atoms with Crippen molar-refractivity contribution >= 4 is 11.6 Å². The fourth-order valence-electron chi connectivity index (χ4n) is 3.66. The molecule has 2 fully saturated rings. The summed E-state index contributed by atoms with van der Waals surface area (Å²) >= 11 is 6.05. The van der Waals surface area contributed by atoms with Crippen molar-refractivity contribution in [2.45, 2.75) is 51.1 Å². The van der Waals surface area contributed by atoms with Crippen LogP contribution in [0.15, 0.2) is 24.3 Å². The average molecular weight is 307 g/mol. The SMILES string of the molecule is CCC(c1ccc(Cl)cc1)N(CC1CCCNC1)C1CC1. The Balaban J connectivity index is 1.72. The number of nitrogens with zero attached hydrogens (tertiary/aromatic N) is 1.